The van der Waals surface area contributed by atoms with Crippen molar-refractivity contribution in [3.8, 4) is 5.75 Å². The van der Waals surface area contributed by atoms with Gasteiger partial charge < -0.3 is 28.4 Å². The summed E-state index contributed by atoms with van der Waals surface area (Å²) in [6.45, 7) is 5.55. The van der Waals surface area contributed by atoms with E-state index < -0.39 is 41.9 Å². The summed E-state index contributed by atoms with van der Waals surface area (Å²) in [5.74, 6) is -3.88. The monoisotopic (exact) mass is 656 g/mol. The summed E-state index contributed by atoms with van der Waals surface area (Å²) in [7, 11) is 0. The van der Waals surface area contributed by atoms with Gasteiger partial charge in [0.2, 0.25) is 0 Å². The van der Waals surface area contributed by atoms with E-state index in [0.717, 1.165) is 12.1 Å². The number of carbonyl (C=O) groups excluding carboxylic acids is 4. The molecule has 0 amide bonds. The van der Waals surface area contributed by atoms with Crippen LogP contribution in [0.3, 0.4) is 0 Å². The van der Waals surface area contributed by atoms with Crippen LogP contribution in [0.1, 0.15) is 41.3 Å². The Labute approximate surface area is 268 Å². The van der Waals surface area contributed by atoms with Crippen molar-refractivity contribution in [1.29, 1.82) is 0 Å². The van der Waals surface area contributed by atoms with Crippen LogP contribution in [-0.4, -0.2) is 93.8 Å². The summed E-state index contributed by atoms with van der Waals surface area (Å²) in [6.07, 6.45) is 1.28. The molecular formula is C32H33FN2O12. The van der Waals surface area contributed by atoms with Crippen LogP contribution in [0.25, 0.3) is 0 Å². The maximum atomic E-state index is 14.5. The zero-order valence-corrected chi connectivity index (χ0v) is 25.4. The molecule has 4 atom stereocenters. The first-order valence-corrected chi connectivity index (χ1v) is 14.6. The van der Waals surface area contributed by atoms with Crippen LogP contribution in [0.4, 0.5) is 4.39 Å². The van der Waals surface area contributed by atoms with Gasteiger partial charge in [-0.3, -0.25) is 9.59 Å². The summed E-state index contributed by atoms with van der Waals surface area (Å²) in [6, 6.07) is 10.3. The van der Waals surface area contributed by atoms with Crippen molar-refractivity contribution in [3.05, 3.63) is 77.6 Å². The molecule has 1 unspecified atom stereocenters. The Balaban J connectivity index is 1.18. The Morgan fingerprint density at radius 1 is 0.894 bits per heavy atom. The van der Waals surface area contributed by atoms with Gasteiger partial charge >= 0.3 is 23.9 Å². The molecule has 2 fully saturated rings. The van der Waals surface area contributed by atoms with Gasteiger partial charge in [0.15, 0.2) is 17.7 Å². The molecule has 2 aromatic rings. The molecule has 0 bridgehead atoms. The number of hydrogen-bond acceptors (Lipinski definition) is 14. The largest absolute Gasteiger partial charge is 0.462 e. The molecule has 0 spiro atoms. The molecule has 2 saturated heterocycles. The van der Waals surface area contributed by atoms with Crippen LogP contribution in [-0.2, 0) is 47.8 Å². The highest BCUT2D eigenvalue weighted by atomic mass is 19.1. The Morgan fingerprint density at radius 2 is 1.53 bits per heavy atom. The first kappa shape index (κ1) is 35.0. The van der Waals surface area contributed by atoms with Gasteiger partial charge in [0.05, 0.1) is 50.7 Å². The lowest BCUT2D eigenvalue weighted by molar-refractivity contribution is -0.330. The Kier molecular flexibility index (Phi) is 13.2. The zero-order valence-electron chi connectivity index (χ0n) is 25.4. The molecule has 250 valence electrons. The van der Waals surface area contributed by atoms with Gasteiger partial charge in [-0.2, -0.15) is 10.2 Å². The predicted molar refractivity (Wildman–Crippen MR) is 160 cm³/mol. The van der Waals surface area contributed by atoms with Crippen LogP contribution in [0.15, 0.2) is 65.3 Å². The standard InChI is InChI=1S/C32H33FN2O12/c1-3-27(36)40-13-14-41-28(37)11-12-29(38)45-24-10-7-21(15-23(24)33)17-35-34-16-20-5-8-22(9-6-20)32(39)46-25-18-42-31-26(47-44-4-2)19-43-30(25)31/h3,5-10,15-17,25-26,30-31H,1,4,11-14,18-19H2,2H3/t25?,26-,30-,31-/m1/s1. The van der Waals surface area contributed by atoms with Gasteiger partial charge in [-0.15, -0.1) is 0 Å². The highest BCUT2D eigenvalue weighted by Crippen LogP contribution is 2.31. The first-order chi connectivity index (χ1) is 22.8. The number of carbonyl (C=O) groups is 4. The second-order valence-electron chi connectivity index (χ2n) is 9.95. The lowest BCUT2D eigenvalue weighted by Crippen LogP contribution is -2.35. The molecule has 0 saturated carbocycles. The zero-order chi connectivity index (χ0) is 33.6. The number of nitrogens with zero attached hydrogens (tertiary/aromatic N) is 2. The lowest BCUT2D eigenvalue weighted by Gasteiger charge is -2.17. The molecule has 0 aromatic heterocycles. The number of hydrogen-bond donors (Lipinski definition) is 0. The Morgan fingerprint density at radius 3 is 2.23 bits per heavy atom. The maximum Gasteiger partial charge on any atom is 0.338 e. The van der Waals surface area contributed by atoms with Gasteiger partial charge in [0.1, 0.15) is 31.5 Å². The van der Waals surface area contributed by atoms with Crippen molar-refractivity contribution in [2.45, 2.75) is 44.2 Å². The minimum Gasteiger partial charge on any atom is -0.462 e. The Hall–Kier alpha value is -4.83. The van der Waals surface area contributed by atoms with Crippen molar-refractivity contribution in [1.82, 2.24) is 0 Å². The predicted octanol–water partition coefficient (Wildman–Crippen LogP) is 2.90. The molecule has 2 heterocycles. The van der Waals surface area contributed by atoms with Gasteiger partial charge in [0, 0.05) is 6.08 Å². The molecule has 47 heavy (non-hydrogen) atoms. The van der Waals surface area contributed by atoms with Crippen molar-refractivity contribution >= 4 is 36.3 Å². The third-order valence-electron chi connectivity index (χ3n) is 6.63. The molecule has 2 aliphatic rings. The van der Waals surface area contributed by atoms with E-state index in [1.807, 2.05) is 0 Å². The van der Waals surface area contributed by atoms with E-state index in [9.17, 15) is 23.6 Å². The fourth-order valence-corrected chi connectivity index (χ4v) is 4.37. The third kappa shape index (κ3) is 10.6. The summed E-state index contributed by atoms with van der Waals surface area (Å²) in [4.78, 5) is 57.5. The quantitative estimate of drug-likeness (QED) is 0.0380. The van der Waals surface area contributed by atoms with Crippen LogP contribution in [0, 0.1) is 5.82 Å². The lowest BCUT2D eigenvalue weighted by atomic mass is 10.1. The fourth-order valence-electron chi connectivity index (χ4n) is 4.37. The van der Waals surface area contributed by atoms with E-state index in [4.69, 9.17) is 33.5 Å². The Bertz CT molecular complexity index is 1480. The van der Waals surface area contributed by atoms with Gasteiger partial charge in [-0.05, 0) is 48.4 Å². The average Bonchev–Trinajstić information content (AvgIpc) is 3.67. The third-order valence-corrected chi connectivity index (χ3v) is 6.63. The van der Waals surface area contributed by atoms with E-state index in [-0.39, 0.29) is 57.2 Å². The minimum atomic E-state index is -0.838. The smallest absolute Gasteiger partial charge is 0.338 e. The highest BCUT2D eigenvalue weighted by Gasteiger charge is 2.50. The van der Waals surface area contributed by atoms with E-state index in [1.165, 1.54) is 24.6 Å². The minimum absolute atomic E-state index is 0.152. The normalized spacial score (nSPS) is 20.2. The molecule has 15 heteroatoms. The number of halogens is 1. The number of benzene rings is 2. The first-order valence-electron chi connectivity index (χ1n) is 14.6. The molecule has 2 aromatic carbocycles. The van der Waals surface area contributed by atoms with E-state index in [1.54, 1.807) is 31.2 Å². The molecule has 2 aliphatic heterocycles. The molecular weight excluding hydrogens is 623 g/mol. The van der Waals surface area contributed by atoms with Crippen molar-refractivity contribution in [2.24, 2.45) is 10.2 Å². The van der Waals surface area contributed by atoms with Crippen LogP contribution in [0.5, 0.6) is 5.75 Å². The number of fused-ring (bicyclic) bond motifs is 1. The number of ether oxygens (including phenoxy) is 6. The molecule has 0 radical (unpaired) electrons. The van der Waals surface area contributed by atoms with E-state index in [0.29, 0.717) is 23.3 Å². The summed E-state index contributed by atoms with van der Waals surface area (Å²) in [5.41, 5.74) is 1.32. The van der Waals surface area contributed by atoms with Gasteiger partial charge in [0.25, 0.3) is 0 Å². The van der Waals surface area contributed by atoms with E-state index >= 15 is 0 Å². The molecule has 4 rings (SSSR count). The number of rotatable bonds is 16. The van der Waals surface area contributed by atoms with Crippen LogP contribution in [0.2, 0.25) is 0 Å². The van der Waals surface area contributed by atoms with Crippen molar-refractivity contribution in [3.63, 3.8) is 0 Å². The SMILES string of the molecule is C=CC(=O)OCCOC(=O)CCC(=O)Oc1ccc(C=NN=Cc2ccc(C(=O)OC3CO[C@H]4[C@@H]3OC[C@H]4OOCC)cc2)cc1F. The molecule has 14 nitrogen and oxygen atoms in total. The number of esters is 4. The van der Waals surface area contributed by atoms with Crippen LogP contribution < -0.4 is 4.74 Å². The fraction of sp³-hybridized carbons (Fsp3) is 0.375. The molecule has 0 aliphatic carbocycles. The summed E-state index contributed by atoms with van der Waals surface area (Å²) >= 11 is 0. The summed E-state index contributed by atoms with van der Waals surface area (Å²) < 4.78 is 45.9. The average molecular weight is 657 g/mol. The highest BCUT2D eigenvalue weighted by molar-refractivity contribution is 5.91. The topological polar surface area (TPSA) is 167 Å². The second-order valence-corrected chi connectivity index (χ2v) is 9.95. The van der Waals surface area contributed by atoms with Gasteiger partial charge in [-0.25, -0.2) is 23.8 Å². The van der Waals surface area contributed by atoms with Crippen LogP contribution >= 0.6 is 0 Å². The van der Waals surface area contributed by atoms with Crippen molar-refractivity contribution < 1.29 is 61.8 Å². The summed E-state index contributed by atoms with van der Waals surface area (Å²) in [5, 5.41) is 7.82. The second kappa shape index (κ2) is 17.8. The van der Waals surface area contributed by atoms with E-state index in [2.05, 4.69) is 21.5 Å². The van der Waals surface area contributed by atoms with Gasteiger partial charge in [-0.1, -0.05) is 18.7 Å². The maximum absolute atomic E-state index is 14.5. The molecule has 0 N–H and O–H groups in total. The van der Waals surface area contributed by atoms with Crippen molar-refractivity contribution in [2.75, 3.05) is 33.0 Å².